The molecule has 5 atom stereocenters. The Morgan fingerprint density at radius 3 is 2.22 bits per heavy atom. The highest BCUT2D eigenvalue weighted by Gasteiger charge is 2.44. The standard InChI is InChI=1S/C10H18N2O6/c1-4(13)11-3-6-8(15)9(16)7(10(17)18-6)12-5(2)14/h6-10,15-17H,3H2,1-2H3,(H,11,13)(H,12,14)/t6-,7+,8+,9-,10+/m1/s1. The highest BCUT2D eigenvalue weighted by molar-refractivity contribution is 5.73. The van der Waals surface area contributed by atoms with Gasteiger partial charge in [-0.2, -0.15) is 0 Å². The zero-order valence-electron chi connectivity index (χ0n) is 10.2. The Morgan fingerprint density at radius 2 is 1.72 bits per heavy atom. The van der Waals surface area contributed by atoms with E-state index < -0.39 is 36.6 Å². The molecule has 0 aromatic rings. The Kier molecular flexibility index (Phi) is 5.03. The third kappa shape index (κ3) is 3.64. The van der Waals surface area contributed by atoms with Crippen molar-refractivity contribution in [2.45, 2.75) is 44.5 Å². The van der Waals surface area contributed by atoms with E-state index in [9.17, 15) is 24.9 Å². The molecule has 0 aliphatic carbocycles. The van der Waals surface area contributed by atoms with Crippen molar-refractivity contribution in [1.82, 2.24) is 10.6 Å². The molecule has 0 aromatic carbocycles. The minimum atomic E-state index is -1.45. The van der Waals surface area contributed by atoms with E-state index in [0.717, 1.165) is 0 Å². The zero-order chi connectivity index (χ0) is 13.9. The summed E-state index contributed by atoms with van der Waals surface area (Å²) in [4.78, 5) is 21.6. The molecule has 0 aromatic heterocycles. The quantitative estimate of drug-likeness (QED) is 0.370. The maximum atomic E-state index is 10.9. The topological polar surface area (TPSA) is 128 Å². The molecule has 8 heteroatoms. The predicted octanol–water partition coefficient (Wildman–Crippen LogP) is -2.93. The van der Waals surface area contributed by atoms with Crippen LogP contribution in [0.15, 0.2) is 0 Å². The summed E-state index contributed by atoms with van der Waals surface area (Å²) in [5.41, 5.74) is 0. The molecule has 2 amide bonds. The van der Waals surface area contributed by atoms with E-state index in [-0.39, 0.29) is 12.5 Å². The highest BCUT2D eigenvalue weighted by atomic mass is 16.6. The van der Waals surface area contributed by atoms with Crippen LogP contribution in [0.25, 0.3) is 0 Å². The first-order valence-corrected chi connectivity index (χ1v) is 5.54. The molecule has 5 N–H and O–H groups in total. The van der Waals surface area contributed by atoms with Gasteiger partial charge >= 0.3 is 0 Å². The fourth-order valence-electron chi connectivity index (χ4n) is 1.75. The predicted molar refractivity (Wildman–Crippen MR) is 59.2 cm³/mol. The minimum absolute atomic E-state index is 0.0442. The Hall–Kier alpha value is -1.22. The van der Waals surface area contributed by atoms with Crippen molar-refractivity contribution in [3.8, 4) is 0 Å². The van der Waals surface area contributed by atoms with E-state index in [0.29, 0.717) is 0 Å². The van der Waals surface area contributed by atoms with Gasteiger partial charge in [-0.3, -0.25) is 9.59 Å². The summed E-state index contributed by atoms with van der Waals surface area (Å²) in [6, 6.07) is -1.11. The van der Waals surface area contributed by atoms with Gasteiger partial charge in [-0.15, -0.1) is 0 Å². The van der Waals surface area contributed by atoms with E-state index in [2.05, 4.69) is 10.6 Å². The lowest BCUT2D eigenvalue weighted by molar-refractivity contribution is -0.245. The highest BCUT2D eigenvalue weighted by Crippen LogP contribution is 2.19. The smallest absolute Gasteiger partial charge is 0.217 e. The molecule has 0 spiro atoms. The molecule has 0 unspecified atom stereocenters. The van der Waals surface area contributed by atoms with E-state index in [4.69, 9.17) is 4.74 Å². The third-order valence-electron chi connectivity index (χ3n) is 2.64. The molecule has 1 heterocycles. The van der Waals surface area contributed by atoms with Crippen molar-refractivity contribution in [2.24, 2.45) is 0 Å². The second-order valence-corrected chi connectivity index (χ2v) is 4.21. The average molecular weight is 262 g/mol. The van der Waals surface area contributed by atoms with Gasteiger partial charge < -0.3 is 30.7 Å². The number of amides is 2. The zero-order valence-corrected chi connectivity index (χ0v) is 10.2. The molecule has 1 aliphatic rings. The number of carbonyl (C=O) groups is 2. The van der Waals surface area contributed by atoms with Crippen LogP contribution in [0.1, 0.15) is 13.8 Å². The SMILES string of the molecule is CC(=O)NC[C@H]1O[C@H](O)[C@@H](NC(C)=O)[C@@H](O)[C@H]1O. The second kappa shape index (κ2) is 6.10. The van der Waals surface area contributed by atoms with Crippen LogP contribution in [-0.2, 0) is 14.3 Å². The summed E-state index contributed by atoms with van der Waals surface area (Å²) >= 11 is 0. The van der Waals surface area contributed by atoms with Crippen LogP contribution in [0.3, 0.4) is 0 Å². The number of rotatable bonds is 3. The molecule has 0 bridgehead atoms. The third-order valence-corrected chi connectivity index (χ3v) is 2.64. The van der Waals surface area contributed by atoms with Crippen LogP contribution in [0.4, 0.5) is 0 Å². The normalized spacial score (nSPS) is 35.9. The van der Waals surface area contributed by atoms with E-state index >= 15 is 0 Å². The summed E-state index contributed by atoms with van der Waals surface area (Å²) < 4.78 is 5.05. The van der Waals surface area contributed by atoms with Crippen molar-refractivity contribution in [3.63, 3.8) is 0 Å². The molecular formula is C10H18N2O6. The van der Waals surface area contributed by atoms with E-state index in [1.165, 1.54) is 13.8 Å². The Bertz CT molecular complexity index is 321. The van der Waals surface area contributed by atoms with Crippen LogP contribution >= 0.6 is 0 Å². The Labute approximate surface area is 104 Å². The van der Waals surface area contributed by atoms with Crippen molar-refractivity contribution in [1.29, 1.82) is 0 Å². The second-order valence-electron chi connectivity index (χ2n) is 4.21. The van der Waals surface area contributed by atoms with E-state index in [1.54, 1.807) is 0 Å². The lowest BCUT2D eigenvalue weighted by atomic mass is 9.96. The van der Waals surface area contributed by atoms with Gasteiger partial charge in [0.1, 0.15) is 24.4 Å². The van der Waals surface area contributed by atoms with Gasteiger partial charge in [0.25, 0.3) is 0 Å². The molecule has 104 valence electrons. The Balaban J connectivity index is 2.64. The van der Waals surface area contributed by atoms with Gasteiger partial charge in [-0.05, 0) is 0 Å². The van der Waals surface area contributed by atoms with Crippen LogP contribution in [0.5, 0.6) is 0 Å². The number of carbonyl (C=O) groups excluding carboxylic acids is 2. The first-order chi connectivity index (χ1) is 8.32. The minimum Gasteiger partial charge on any atom is -0.388 e. The van der Waals surface area contributed by atoms with Gasteiger partial charge in [0.2, 0.25) is 11.8 Å². The van der Waals surface area contributed by atoms with Gasteiger partial charge in [0.15, 0.2) is 6.29 Å². The average Bonchev–Trinajstić information content (AvgIpc) is 2.27. The maximum absolute atomic E-state index is 10.9. The molecule has 0 saturated carbocycles. The van der Waals surface area contributed by atoms with Crippen molar-refractivity contribution in [3.05, 3.63) is 0 Å². The fourth-order valence-corrected chi connectivity index (χ4v) is 1.75. The summed E-state index contributed by atoms with van der Waals surface area (Å²) in [5, 5.41) is 33.9. The van der Waals surface area contributed by atoms with Gasteiger partial charge in [-0.1, -0.05) is 0 Å². The molecule has 0 radical (unpaired) electrons. The number of hydrogen-bond donors (Lipinski definition) is 5. The van der Waals surface area contributed by atoms with E-state index in [1.807, 2.05) is 0 Å². The summed E-state index contributed by atoms with van der Waals surface area (Å²) in [6.45, 7) is 2.47. The fraction of sp³-hybridized carbons (Fsp3) is 0.800. The molecule has 8 nitrogen and oxygen atoms in total. The van der Waals surface area contributed by atoms with Crippen LogP contribution in [-0.4, -0.2) is 64.3 Å². The molecule has 1 fully saturated rings. The van der Waals surface area contributed by atoms with Gasteiger partial charge in [0, 0.05) is 20.4 Å². The molecule has 18 heavy (non-hydrogen) atoms. The van der Waals surface area contributed by atoms with Gasteiger partial charge in [0.05, 0.1) is 0 Å². The number of aliphatic hydroxyl groups excluding tert-OH is 3. The lowest BCUT2D eigenvalue weighted by Crippen LogP contribution is -2.64. The van der Waals surface area contributed by atoms with Crippen molar-refractivity contribution < 1.29 is 29.6 Å². The maximum Gasteiger partial charge on any atom is 0.217 e. The molecule has 1 saturated heterocycles. The Morgan fingerprint density at radius 1 is 1.11 bits per heavy atom. The largest absolute Gasteiger partial charge is 0.388 e. The monoisotopic (exact) mass is 262 g/mol. The summed E-state index contributed by atoms with van der Waals surface area (Å²) in [7, 11) is 0. The first kappa shape index (κ1) is 14.8. The molecule has 1 rings (SSSR count). The molecular weight excluding hydrogens is 244 g/mol. The van der Waals surface area contributed by atoms with Crippen molar-refractivity contribution in [2.75, 3.05) is 6.54 Å². The number of aliphatic hydroxyl groups is 3. The first-order valence-electron chi connectivity index (χ1n) is 5.54. The van der Waals surface area contributed by atoms with Crippen LogP contribution in [0, 0.1) is 0 Å². The van der Waals surface area contributed by atoms with Crippen LogP contribution in [0.2, 0.25) is 0 Å². The van der Waals surface area contributed by atoms with Crippen LogP contribution < -0.4 is 10.6 Å². The summed E-state index contributed by atoms with van der Waals surface area (Å²) in [5.74, 6) is -0.784. The number of ether oxygens (including phenoxy) is 1. The molecule has 1 aliphatic heterocycles. The number of nitrogens with one attached hydrogen (secondary N) is 2. The van der Waals surface area contributed by atoms with Gasteiger partial charge in [-0.25, -0.2) is 0 Å². The lowest BCUT2D eigenvalue weighted by Gasteiger charge is -2.40. The van der Waals surface area contributed by atoms with Crippen molar-refractivity contribution >= 4 is 11.8 Å². The number of hydrogen-bond acceptors (Lipinski definition) is 6. The summed E-state index contributed by atoms with van der Waals surface area (Å²) in [6.07, 6.45) is -5.09.